The zero-order valence-electron chi connectivity index (χ0n) is 10.2. The molecule has 0 fully saturated rings. The second kappa shape index (κ2) is 5.68. The Labute approximate surface area is 115 Å². The molecule has 0 aliphatic rings. The van der Waals surface area contributed by atoms with E-state index in [0.717, 1.165) is 6.20 Å². The number of nitrogens with one attached hydrogen (secondary N) is 1. The molecule has 1 N–H and O–H groups in total. The Kier molecular flexibility index (Phi) is 3.98. The summed E-state index contributed by atoms with van der Waals surface area (Å²) >= 11 is 5.91. The molecule has 5 heteroatoms. The number of hydrogen-bond donors (Lipinski definition) is 1. The molecule has 0 saturated heterocycles. The highest BCUT2D eigenvalue weighted by Gasteiger charge is 2.10. The van der Waals surface area contributed by atoms with Crippen molar-refractivity contribution in [1.29, 1.82) is 5.26 Å². The fraction of sp³-hybridized carbons (Fsp3) is 0.143. The summed E-state index contributed by atoms with van der Waals surface area (Å²) in [5, 5.41) is 12.7. The summed E-state index contributed by atoms with van der Waals surface area (Å²) in [4.78, 5) is 4.00. The molecule has 19 heavy (non-hydrogen) atoms. The molecule has 2 aromatic rings. The van der Waals surface area contributed by atoms with Crippen LogP contribution < -0.4 is 5.32 Å². The zero-order valence-corrected chi connectivity index (χ0v) is 10.9. The van der Waals surface area contributed by atoms with E-state index in [1.807, 2.05) is 6.92 Å². The number of nitriles is 1. The van der Waals surface area contributed by atoms with Gasteiger partial charge in [-0.1, -0.05) is 11.6 Å². The van der Waals surface area contributed by atoms with Gasteiger partial charge >= 0.3 is 0 Å². The van der Waals surface area contributed by atoms with Crippen LogP contribution in [0.1, 0.15) is 24.2 Å². The van der Waals surface area contributed by atoms with E-state index in [1.165, 1.54) is 6.07 Å². The second-order valence-corrected chi connectivity index (χ2v) is 4.51. The normalized spacial score (nSPS) is 11.7. The van der Waals surface area contributed by atoms with E-state index in [2.05, 4.69) is 16.4 Å². The van der Waals surface area contributed by atoms with Crippen molar-refractivity contribution in [2.75, 3.05) is 5.32 Å². The molecule has 0 spiro atoms. The van der Waals surface area contributed by atoms with Crippen LogP contribution >= 0.6 is 11.6 Å². The molecule has 1 heterocycles. The van der Waals surface area contributed by atoms with E-state index in [-0.39, 0.29) is 11.9 Å². The maximum atomic E-state index is 12.8. The number of pyridine rings is 1. The van der Waals surface area contributed by atoms with Crippen molar-refractivity contribution in [3.05, 3.63) is 58.6 Å². The molecule has 3 nitrogen and oxygen atoms in total. The summed E-state index contributed by atoms with van der Waals surface area (Å²) < 4.78 is 12.8. The van der Waals surface area contributed by atoms with Crippen LogP contribution in [0.15, 0.2) is 36.5 Å². The molecule has 1 aromatic carbocycles. The summed E-state index contributed by atoms with van der Waals surface area (Å²) in [5.41, 5.74) is 1.82. The first kappa shape index (κ1) is 13.3. The number of halogens is 2. The van der Waals surface area contributed by atoms with Gasteiger partial charge in [-0.05, 0) is 37.3 Å². The van der Waals surface area contributed by atoms with Crippen molar-refractivity contribution < 1.29 is 4.39 Å². The summed E-state index contributed by atoms with van der Waals surface area (Å²) in [7, 11) is 0. The Hall–Kier alpha value is -2.12. The lowest BCUT2D eigenvalue weighted by Crippen LogP contribution is -2.09. The lowest BCUT2D eigenvalue weighted by Gasteiger charge is -2.16. The summed E-state index contributed by atoms with van der Waals surface area (Å²) in [6.07, 6.45) is 1.16. The number of anilines is 1. The van der Waals surface area contributed by atoms with E-state index in [1.54, 1.807) is 24.3 Å². The second-order valence-electron chi connectivity index (χ2n) is 4.07. The minimum Gasteiger partial charge on any atom is -0.376 e. The lowest BCUT2D eigenvalue weighted by molar-refractivity contribution is 0.617. The highest BCUT2D eigenvalue weighted by molar-refractivity contribution is 6.30. The van der Waals surface area contributed by atoms with E-state index in [4.69, 9.17) is 16.9 Å². The number of hydrogen-bond acceptors (Lipinski definition) is 3. The van der Waals surface area contributed by atoms with Crippen molar-refractivity contribution >= 4 is 17.3 Å². The molecule has 1 atom stereocenters. The standard InChI is InChI=1S/C14H11ClFN3/c1-9(13-5-4-12(16)8-18-13)19-14-6-11(15)3-2-10(14)7-17/h2-6,8-9,19H,1H3. The van der Waals surface area contributed by atoms with Gasteiger partial charge in [0.15, 0.2) is 0 Å². The first-order chi connectivity index (χ1) is 9.10. The average molecular weight is 276 g/mol. The quantitative estimate of drug-likeness (QED) is 0.924. The number of rotatable bonds is 3. The van der Waals surface area contributed by atoms with Crippen LogP contribution in [0.3, 0.4) is 0 Å². The van der Waals surface area contributed by atoms with Crippen LogP contribution in [0.5, 0.6) is 0 Å². The minimum atomic E-state index is -0.378. The van der Waals surface area contributed by atoms with Gasteiger partial charge in [-0.15, -0.1) is 0 Å². The molecule has 0 amide bonds. The van der Waals surface area contributed by atoms with Gasteiger partial charge in [-0.25, -0.2) is 4.39 Å². The van der Waals surface area contributed by atoms with E-state index in [9.17, 15) is 4.39 Å². The van der Waals surface area contributed by atoms with E-state index < -0.39 is 0 Å². The molecule has 0 aliphatic carbocycles. The predicted molar refractivity (Wildman–Crippen MR) is 72.4 cm³/mol. The van der Waals surface area contributed by atoms with E-state index >= 15 is 0 Å². The molecule has 0 aliphatic heterocycles. The predicted octanol–water partition coefficient (Wildman–Crippen LogP) is 3.92. The summed E-state index contributed by atoms with van der Waals surface area (Å²) in [5.74, 6) is -0.378. The topological polar surface area (TPSA) is 48.7 Å². The lowest BCUT2D eigenvalue weighted by atomic mass is 10.1. The Morgan fingerprint density at radius 2 is 2.16 bits per heavy atom. The van der Waals surface area contributed by atoms with Crippen molar-refractivity contribution in [3.8, 4) is 6.07 Å². The molecule has 96 valence electrons. The Morgan fingerprint density at radius 1 is 1.37 bits per heavy atom. The van der Waals surface area contributed by atoms with Crippen molar-refractivity contribution in [2.45, 2.75) is 13.0 Å². The molecule has 0 saturated carbocycles. The Bertz CT molecular complexity index is 620. The van der Waals surface area contributed by atoms with Crippen LogP contribution in [-0.2, 0) is 0 Å². The summed E-state index contributed by atoms with van der Waals surface area (Å²) in [6, 6.07) is 9.87. The maximum Gasteiger partial charge on any atom is 0.141 e. The van der Waals surface area contributed by atoms with Gasteiger partial charge in [-0.3, -0.25) is 4.98 Å². The van der Waals surface area contributed by atoms with Crippen LogP contribution in [0.25, 0.3) is 0 Å². The first-order valence-electron chi connectivity index (χ1n) is 5.68. The number of nitrogens with zero attached hydrogens (tertiary/aromatic N) is 2. The van der Waals surface area contributed by atoms with Gasteiger partial charge in [0, 0.05) is 5.02 Å². The fourth-order valence-electron chi connectivity index (χ4n) is 1.68. The molecule has 0 bridgehead atoms. The third-order valence-corrected chi connectivity index (χ3v) is 2.90. The molecule has 1 unspecified atom stereocenters. The van der Waals surface area contributed by atoms with Gasteiger partial charge in [0.2, 0.25) is 0 Å². The smallest absolute Gasteiger partial charge is 0.141 e. The van der Waals surface area contributed by atoms with Gasteiger partial charge in [0.25, 0.3) is 0 Å². The monoisotopic (exact) mass is 275 g/mol. The molecule has 1 aromatic heterocycles. The van der Waals surface area contributed by atoms with Gasteiger partial charge in [0.1, 0.15) is 11.9 Å². The van der Waals surface area contributed by atoms with Crippen LogP contribution in [0, 0.1) is 17.1 Å². The molecule has 2 rings (SSSR count). The highest BCUT2D eigenvalue weighted by Crippen LogP contribution is 2.24. The highest BCUT2D eigenvalue weighted by atomic mass is 35.5. The van der Waals surface area contributed by atoms with E-state index in [0.29, 0.717) is 22.0 Å². The molecule has 0 radical (unpaired) electrons. The van der Waals surface area contributed by atoms with Gasteiger partial charge < -0.3 is 5.32 Å². The average Bonchev–Trinajstić information content (AvgIpc) is 2.39. The molecular formula is C14H11ClFN3. The van der Waals surface area contributed by atoms with Crippen molar-refractivity contribution in [2.24, 2.45) is 0 Å². The molecular weight excluding hydrogens is 265 g/mol. The third kappa shape index (κ3) is 3.21. The Balaban J connectivity index is 2.23. The number of aromatic nitrogens is 1. The van der Waals surface area contributed by atoms with Crippen molar-refractivity contribution in [3.63, 3.8) is 0 Å². The zero-order chi connectivity index (χ0) is 13.8. The number of benzene rings is 1. The van der Waals surface area contributed by atoms with Gasteiger partial charge in [0.05, 0.1) is 29.2 Å². The van der Waals surface area contributed by atoms with Crippen LogP contribution in [0.4, 0.5) is 10.1 Å². The third-order valence-electron chi connectivity index (χ3n) is 2.67. The largest absolute Gasteiger partial charge is 0.376 e. The van der Waals surface area contributed by atoms with Crippen LogP contribution in [0.2, 0.25) is 5.02 Å². The summed E-state index contributed by atoms with van der Waals surface area (Å²) in [6.45, 7) is 1.88. The van der Waals surface area contributed by atoms with Crippen molar-refractivity contribution in [1.82, 2.24) is 4.98 Å². The minimum absolute atomic E-state index is 0.161. The fourth-order valence-corrected chi connectivity index (χ4v) is 1.86. The maximum absolute atomic E-state index is 12.8. The SMILES string of the molecule is CC(Nc1cc(Cl)ccc1C#N)c1ccc(F)cn1. The van der Waals surface area contributed by atoms with Crippen LogP contribution in [-0.4, -0.2) is 4.98 Å². The van der Waals surface area contributed by atoms with Gasteiger partial charge in [-0.2, -0.15) is 5.26 Å². The Morgan fingerprint density at radius 3 is 2.79 bits per heavy atom. The first-order valence-corrected chi connectivity index (χ1v) is 6.05.